The summed E-state index contributed by atoms with van der Waals surface area (Å²) in [5, 5.41) is 23.7. The van der Waals surface area contributed by atoms with Crippen molar-refractivity contribution in [2.75, 3.05) is 7.11 Å². The Kier molecular flexibility index (Phi) is 7.05. The number of alkyl halides is 2. The first kappa shape index (κ1) is 27.3. The third-order valence-corrected chi connectivity index (χ3v) is 7.31. The van der Waals surface area contributed by atoms with Crippen LogP contribution in [-0.4, -0.2) is 26.8 Å². The highest BCUT2D eigenvalue weighted by Crippen LogP contribution is 2.39. The van der Waals surface area contributed by atoms with E-state index in [1.54, 1.807) is 78.7 Å². The van der Waals surface area contributed by atoms with Gasteiger partial charge in [-0.2, -0.15) is 5.26 Å². The van der Waals surface area contributed by atoms with Crippen molar-refractivity contribution in [2.24, 2.45) is 7.05 Å². The van der Waals surface area contributed by atoms with Crippen LogP contribution in [0.2, 0.25) is 5.02 Å². The molecule has 0 spiro atoms. The number of fused-ring (bicyclic) bond motifs is 1. The van der Waals surface area contributed by atoms with Crippen LogP contribution in [0.25, 0.3) is 10.9 Å². The molecule has 0 bridgehead atoms. The molecule has 0 aliphatic carbocycles. The number of hydrogen-bond acceptors (Lipinski definition) is 5. The maximum atomic E-state index is 13.7. The van der Waals surface area contributed by atoms with Gasteiger partial charge in [0, 0.05) is 41.9 Å². The van der Waals surface area contributed by atoms with Gasteiger partial charge in [-0.1, -0.05) is 54.1 Å². The first-order valence-corrected chi connectivity index (χ1v) is 12.8. The molecule has 1 unspecified atom stereocenters. The Bertz CT molecular complexity index is 1740. The summed E-state index contributed by atoms with van der Waals surface area (Å²) in [4.78, 5) is 8.84. The number of aromatic nitrogens is 3. The van der Waals surface area contributed by atoms with E-state index in [1.807, 2.05) is 0 Å². The van der Waals surface area contributed by atoms with Gasteiger partial charge in [-0.3, -0.25) is 0 Å². The summed E-state index contributed by atoms with van der Waals surface area (Å²) >= 11 is 6.13. The van der Waals surface area contributed by atoms with E-state index in [4.69, 9.17) is 16.3 Å². The average Bonchev–Trinajstić information content (AvgIpc) is 3.38. The number of aryl methyl sites for hydroxylation is 1. The fraction of sp³-hybridized carbons (Fsp3) is 0.194. The van der Waals surface area contributed by atoms with E-state index in [2.05, 4.69) is 16.0 Å². The Morgan fingerprint density at radius 1 is 1.02 bits per heavy atom. The summed E-state index contributed by atoms with van der Waals surface area (Å²) in [5.74, 6) is -2.69. The number of nitrogens with zero attached hydrogens (tertiary/aromatic N) is 4. The Labute approximate surface area is 235 Å². The number of ether oxygens (including phenoxy) is 1. The third kappa shape index (κ3) is 4.79. The van der Waals surface area contributed by atoms with E-state index in [0.717, 1.165) is 6.92 Å². The largest absolute Gasteiger partial charge is 0.481 e. The van der Waals surface area contributed by atoms with E-state index >= 15 is 0 Å². The second kappa shape index (κ2) is 10.3. The lowest BCUT2D eigenvalue weighted by Gasteiger charge is -2.30. The molecule has 0 saturated carbocycles. The predicted molar refractivity (Wildman–Crippen MR) is 149 cm³/mol. The zero-order chi connectivity index (χ0) is 28.7. The van der Waals surface area contributed by atoms with Gasteiger partial charge in [0.15, 0.2) is 5.60 Å². The Morgan fingerprint density at radius 3 is 2.25 bits per heavy atom. The molecule has 0 saturated heterocycles. The lowest BCUT2D eigenvalue weighted by Crippen LogP contribution is -2.31. The lowest BCUT2D eigenvalue weighted by molar-refractivity contribution is 0.0174. The van der Waals surface area contributed by atoms with Gasteiger partial charge in [-0.15, -0.1) is 0 Å². The van der Waals surface area contributed by atoms with E-state index in [1.165, 1.54) is 19.2 Å². The van der Waals surface area contributed by atoms with Crippen LogP contribution in [0.3, 0.4) is 0 Å². The maximum absolute atomic E-state index is 13.7. The van der Waals surface area contributed by atoms with Crippen LogP contribution in [0.15, 0.2) is 79.3 Å². The lowest BCUT2D eigenvalue weighted by atomic mass is 9.82. The molecule has 40 heavy (non-hydrogen) atoms. The van der Waals surface area contributed by atoms with Gasteiger partial charge in [0.25, 0.3) is 5.92 Å². The molecular formula is C31H25ClF2N4O2. The van der Waals surface area contributed by atoms with Gasteiger partial charge < -0.3 is 14.4 Å². The van der Waals surface area contributed by atoms with Gasteiger partial charge in [0.1, 0.15) is 6.07 Å². The molecule has 1 atom stereocenters. The third-order valence-electron chi connectivity index (χ3n) is 7.06. The molecule has 2 aromatic heterocycles. The number of rotatable bonds is 7. The molecule has 5 rings (SSSR count). The second-order valence-electron chi connectivity index (χ2n) is 9.69. The minimum absolute atomic E-state index is 0.0957. The topological polar surface area (TPSA) is 84.0 Å². The number of benzene rings is 3. The smallest absolute Gasteiger partial charge is 0.270 e. The number of hydrogen-bond donors (Lipinski definition) is 1. The maximum Gasteiger partial charge on any atom is 0.270 e. The van der Waals surface area contributed by atoms with Gasteiger partial charge in [0.05, 0.1) is 36.4 Å². The molecule has 0 amide bonds. The molecule has 0 aliphatic heterocycles. The fourth-order valence-electron chi connectivity index (χ4n) is 4.94. The van der Waals surface area contributed by atoms with Crippen molar-refractivity contribution in [3.63, 3.8) is 0 Å². The Morgan fingerprint density at radius 2 is 1.68 bits per heavy atom. The van der Waals surface area contributed by atoms with E-state index < -0.39 is 11.5 Å². The SMILES string of the molecule is COc1nc2ccc(C(O)(c3ccc(Cl)cc3)c3cncn3C)cc2c(C#N)c1Cc1ccc(C(C)(F)F)cc1. The van der Waals surface area contributed by atoms with Gasteiger partial charge in [-0.25, -0.2) is 18.7 Å². The summed E-state index contributed by atoms with van der Waals surface area (Å²) < 4.78 is 34.7. The van der Waals surface area contributed by atoms with Crippen LogP contribution < -0.4 is 4.74 Å². The quantitative estimate of drug-likeness (QED) is 0.247. The number of halogens is 3. The molecule has 1 N–H and O–H groups in total. The molecule has 5 aromatic rings. The summed E-state index contributed by atoms with van der Waals surface area (Å²) in [6.07, 6.45) is 3.42. The van der Waals surface area contributed by atoms with Gasteiger partial charge in [-0.05, 0) is 41.0 Å². The molecular weight excluding hydrogens is 534 g/mol. The van der Waals surface area contributed by atoms with Crippen LogP contribution in [0.4, 0.5) is 8.78 Å². The van der Waals surface area contributed by atoms with Crippen LogP contribution in [-0.2, 0) is 25.0 Å². The highest BCUT2D eigenvalue weighted by Gasteiger charge is 2.37. The molecule has 3 aromatic carbocycles. The highest BCUT2D eigenvalue weighted by atomic mass is 35.5. The number of imidazole rings is 1. The highest BCUT2D eigenvalue weighted by molar-refractivity contribution is 6.30. The van der Waals surface area contributed by atoms with Crippen molar-refractivity contribution in [3.05, 3.63) is 123 Å². The summed E-state index contributed by atoms with van der Waals surface area (Å²) in [6, 6.07) is 20.4. The fourth-order valence-corrected chi connectivity index (χ4v) is 5.07. The van der Waals surface area contributed by atoms with Crippen molar-refractivity contribution >= 4 is 22.5 Å². The van der Waals surface area contributed by atoms with Crippen LogP contribution in [0.5, 0.6) is 5.88 Å². The van der Waals surface area contributed by atoms with Crippen LogP contribution in [0.1, 0.15) is 46.0 Å². The molecule has 6 nitrogen and oxygen atoms in total. The van der Waals surface area contributed by atoms with Gasteiger partial charge in [0.2, 0.25) is 5.88 Å². The van der Waals surface area contributed by atoms with E-state index in [9.17, 15) is 19.1 Å². The first-order valence-electron chi connectivity index (χ1n) is 12.4. The van der Waals surface area contributed by atoms with Crippen molar-refractivity contribution in [2.45, 2.75) is 24.9 Å². The molecule has 0 fully saturated rings. The summed E-state index contributed by atoms with van der Waals surface area (Å²) in [7, 11) is 3.25. The first-order chi connectivity index (χ1) is 19.1. The second-order valence-corrected chi connectivity index (χ2v) is 10.1. The zero-order valence-corrected chi connectivity index (χ0v) is 22.7. The van der Waals surface area contributed by atoms with Gasteiger partial charge >= 0.3 is 0 Å². The van der Waals surface area contributed by atoms with Crippen molar-refractivity contribution in [3.8, 4) is 11.9 Å². The number of aliphatic hydroxyl groups is 1. The predicted octanol–water partition coefficient (Wildman–Crippen LogP) is 6.49. The molecule has 202 valence electrons. The van der Waals surface area contributed by atoms with E-state index in [-0.39, 0.29) is 17.9 Å². The number of pyridine rings is 1. The molecule has 9 heteroatoms. The minimum Gasteiger partial charge on any atom is -0.481 e. The molecule has 0 aliphatic rings. The average molecular weight is 559 g/mol. The monoisotopic (exact) mass is 558 g/mol. The van der Waals surface area contributed by atoms with Crippen molar-refractivity contribution in [1.29, 1.82) is 5.26 Å². The molecule has 0 radical (unpaired) electrons. The van der Waals surface area contributed by atoms with Crippen molar-refractivity contribution < 1.29 is 18.6 Å². The Balaban J connectivity index is 1.69. The van der Waals surface area contributed by atoms with Crippen LogP contribution in [0, 0.1) is 11.3 Å². The normalized spacial score (nSPS) is 13.2. The number of nitriles is 1. The van der Waals surface area contributed by atoms with E-state index in [0.29, 0.717) is 49.4 Å². The van der Waals surface area contributed by atoms with Crippen LogP contribution >= 0.6 is 11.6 Å². The Hall–Kier alpha value is -4.32. The molecule has 2 heterocycles. The minimum atomic E-state index is -2.95. The number of methoxy groups -OCH3 is 1. The van der Waals surface area contributed by atoms with Crippen molar-refractivity contribution in [1.82, 2.24) is 14.5 Å². The summed E-state index contributed by atoms with van der Waals surface area (Å²) in [6.45, 7) is 0.848. The summed E-state index contributed by atoms with van der Waals surface area (Å²) in [5.41, 5.74) is 1.90. The standard InChI is InChI=1S/C31H25ClF2N4O2/c1-30(33,34)20-6-4-19(5-7-20)14-25-26(16-35)24-15-22(10-13-27(24)37-29(25)40-3)31(39,28-17-36-18-38(28)2)21-8-11-23(32)12-9-21/h4-13,15,17-18,39H,14H2,1-3H3. The zero-order valence-electron chi connectivity index (χ0n) is 22.0.